The van der Waals surface area contributed by atoms with Crippen LogP contribution in [-0.2, 0) is 9.53 Å². The van der Waals surface area contributed by atoms with Crippen LogP contribution in [0, 0.1) is 0 Å². The Morgan fingerprint density at radius 3 is 2.25 bits per heavy atom. The second kappa shape index (κ2) is 4.53. The fourth-order valence-corrected chi connectivity index (χ4v) is 1.18. The predicted molar refractivity (Wildman–Crippen MR) is 60.9 cm³/mol. The summed E-state index contributed by atoms with van der Waals surface area (Å²) in [5.74, 6) is -0.335. The number of ether oxygens (including phenoxy) is 1. The van der Waals surface area contributed by atoms with Gasteiger partial charge in [0.1, 0.15) is 17.4 Å². The number of phenols is 1. The smallest absolute Gasteiger partial charge is 0.328 e. The third-order valence-corrected chi connectivity index (χ3v) is 1.91. The number of esters is 1. The zero-order chi connectivity index (χ0) is 12.3. The summed E-state index contributed by atoms with van der Waals surface area (Å²) in [5, 5.41) is 9.11. The minimum Gasteiger partial charge on any atom is -0.508 e. The normalized spacial score (nSPS) is 13.2. The molecule has 4 nitrogen and oxygen atoms in total. The molecule has 0 saturated heterocycles. The molecule has 88 valence electrons. The third-order valence-electron chi connectivity index (χ3n) is 1.91. The lowest BCUT2D eigenvalue weighted by Crippen LogP contribution is -2.31. The van der Waals surface area contributed by atoms with Gasteiger partial charge in [0.05, 0.1) is 0 Å². The number of rotatable bonds is 2. The fraction of sp³-hybridized carbons (Fsp3) is 0.417. The molecule has 1 rings (SSSR count). The third kappa shape index (κ3) is 3.55. The first-order chi connectivity index (χ1) is 7.29. The van der Waals surface area contributed by atoms with Crippen LogP contribution in [0.15, 0.2) is 24.3 Å². The molecule has 0 unspecified atom stereocenters. The lowest BCUT2D eigenvalue weighted by Gasteiger charge is -2.22. The van der Waals surface area contributed by atoms with Crippen molar-refractivity contribution in [3.05, 3.63) is 29.8 Å². The van der Waals surface area contributed by atoms with Crippen molar-refractivity contribution in [3.8, 4) is 5.75 Å². The first kappa shape index (κ1) is 12.5. The van der Waals surface area contributed by atoms with Crippen LogP contribution in [0.5, 0.6) is 5.75 Å². The van der Waals surface area contributed by atoms with E-state index < -0.39 is 17.6 Å². The molecule has 3 N–H and O–H groups in total. The average Bonchev–Trinajstić information content (AvgIpc) is 2.15. The summed E-state index contributed by atoms with van der Waals surface area (Å²) >= 11 is 0. The van der Waals surface area contributed by atoms with Crippen molar-refractivity contribution in [3.63, 3.8) is 0 Å². The van der Waals surface area contributed by atoms with E-state index in [1.54, 1.807) is 32.9 Å². The quantitative estimate of drug-likeness (QED) is 0.749. The van der Waals surface area contributed by atoms with Gasteiger partial charge in [0.25, 0.3) is 0 Å². The standard InChI is InChI=1S/C12H17NO3/c1-12(2,3)16-11(15)10(13)8-4-6-9(14)7-5-8/h4-7,10,14H,13H2,1-3H3/t10-/m0/s1. The van der Waals surface area contributed by atoms with Gasteiger partial charge < -0.3 is 15.6 Å². The monoisotopic (exact) mass is 223 g/mol. The molecule has 1 aromatic rings. The minimum atomic E-state index is -0.820. The maximum Gasteiger partial charge on any atom is 0.328 e. The Balaban J connectivity index is 2.74. The SMILES string of the molecule is CC(C)(C)OC(=O)[C@@H](N)c1ccc(O)cc1. The second-order valence-corrected chi connectivity index (χ2v) is 4.60. The van der Waals surface area contributed by atoms with E-state index in [0.29, 0.717) is 5.56 Å². The van der Waals surface area contributed by atoms with Gasteiger partial charge in [-0.25, -0.2) is 4.79 Å². The van der Waals surface area contributed by atoms with E-state index in [-0.39, 0.29) is 5.75 Å². The highest BCUT2D eigenvalue weighted by atomic mass is 16.6. The molecule has 0 spiro atoms. The summed E-state index contributed by atoms with van der Waals surface area (Å²) in [4.78, 5) is 11.6. The Bertz CT molecular complexity index is 365. The molecule has 0 aromatic heterocycles. The number of benzene rings is 1. The van der Waals surface area contributed by atoms with Crippen LogP contribution < -0.4 is 5.73 Å². The number of hydrogen-bond acceptors (Lipinski definition) is 4. The first-order valence-corrected chi connectivity index (χ1v) is 5.07. The molecule has 1 atom stereocenters. The summed E-state index contributed by atoms with van der Waals surface area (Å²) in [7, 11) is 0. The highest BCUT2D eigenvalue weighted by Gasteiger charge is 2.23. The number of carbonyl (C=O) groups excluding carboxylic acids is 1. The maximum absolute atomic E-state index is 11.6. The van der Waals surface area contributed by atoms with Gasteiger partial charge in [-0.1, -0.05) is 12.1 Å². The van der Waals surface area contributed by atoms with E-state index in [1.807, 2.05) is 0 Å². The minimum absolute atomic E-state index is 0.139. The molecule has 1 aromatic carbocycles. The highest BCUT2D eigenvalue weighted by Crippen LogP contribution is 2.18. The molecule has 16 heavy (non-hydrogen) atoms. The van der Waals surface area contributed by atoms with Gasteiger partial charge >= 0.3 is 5.97 Å². The van der Waals surface area contributed by atoms with Gasteiger partial charge in [0, 0.05) is 0 Å². The Labute approximate surface area is 95.0 Å². The van der Waals surface area contributed by atoms with Crippen LogP contribution in [0.3, 0.4) is 0 Å². The van der Waals surface area contributed by atoms with Gasteiger partial charge in [-0.3, -0.25) is 0 Å². The maximum atomic E-state index is 11.6. The molecule has 0 fully saturated rings. The molecule has 0 aliphatic heterocycles. The molecular formula is C12H17NO3. The predicted octanol–water partition coefficient (Wildman–Crippen LogP) is 1.73. The van der Waals surface area contributed by atoms with Crippen LogP contribution in [-0.4, -0.2) is 16.7 Å². The van der Waals surface area contributed by atoms with Crippen molar-refractivity contribution in [2.24, 2.45) is 5.73 Å². The summed E-state index contributed by atoms with van der Waals surface area (Å²) in [6.45, 7) is 5.36. The molecule has 0 bridgehead atoms. The molecule has 0 amide bonds. The summed E-state index contributed by atoms with van der Waals surface area (Å²) in [6, 6.07) is 5.35. The lowest BCUT2D eigenvalue weighted by molar-refractivity contribution is -0.156. The highest BCUT2D eigenvalue weighted by molar-refractivity contribution is 5.77. The van der Waals surface area contributed by atoms with Crippen LogP contribution in [0.1, 0.15) is 32.4 Å². The van der Waals surface area contributed by atoms with Gasteiger partial charge in [-0.15, -0.1) is 0 Å². The number of phenolic OH excluding ortho intramolecular Hbond substituents is 1. The van der Waals surface area contributed by atoms with Crippen molar-refractivity contribution < 1.29 is 14.6 Å². The van der Waals surface area contributed by atoms with E-state index in [1.165, 1.54) is 12.1 Å². The molecule has 0 aliphatic rings. The Kier molecular flexibility index (Phi) is 3.55. The molecule has 0 heterocycles. The zero-order valence-corrected chi connectivity index (χ0v) is 9.73. The first-order valence-electron chi connectivity index (χ1n) is 5.07. The molecule has 0 radical (unpaired) electrons. The van der Waals surface area contributed by atoms with Crippen molar-refractivity contribution in [2.75, 3.05) is 0 Å². The van der Waals surface area contributed by atoms with Crippen LogP contribution in [0.4, 0.5) is 0 Å². The van der Waals surface area contributed by atoms with Crippen molar-refractivity contribution in [1.29, 1.82) is 0 Å². The van der Waals surface area contributed by atoms with Gasteiger partial charge in [-0.2, -0.15) is 0 Å². The van der Waals surface area contributed by atoms with Gasteiger partial charge in [0.2, 0.25) is 0 Å². The number of carbonyl (C=O) groups is 1. The van der Waals surface area contributed by atoms with E-state index in [0.717, 1.165) is 0 Å². The van der Waals surface area contributed by atoms with Crippen LogP contribution in [0.2, 0.25) is 0 Å². The lowest BCUT2D eigenvalue weighted by atomic mass is 10.1. The largest absolute Gasteiger partial charge is 0.508 e. The Hall–Kier alpha value is -1.55. The zero-order valence-electron chi connectivity index (χ0n) is 9.73. The van der Waals surface area contributed by atoms with Crippen LogP contribution in [0.25, 0.3) is 0 Å². The van der Waals surface area contributed by atoms with Crippen molar-refractivity contribution in [2.45, 2.75) is 32.4 Å². The summed E-state index contributed by atoms with van der Waals surface area (Å²) in [5.41, 5.74) is 5.81. The van der Waals surface area contributed by atoms with Gasteiger partial charge in [-0.05, 0) is 38.5 Å². The molecular weight excluding hydrogens is 206 g/mol. The molecule has 0 aliphatic carbocycles. The van der Waals surface area contributed by atoms with E-state index in [9.17, 15) is 4.79 Å². The van der Waals surface area contributed by atoms with E-state index in [4.69, 9.17) is 15.6 Å². The van der Waals surface area contributed by atoms with Crippen molar-refractivity contribution >= 4 is 5.97 Å². The van der Waals surface area contributed by atoms with E-state index in [2.05, 4.69) is 0 Å². The van der Waals surface area contributed by atoms with E-state index >= 15 is 0 Å². The molecule has 4 heteroatoms. The average molecular weight is 223 g/mol. The topological polar surface area (TPSA) is 72.5 Å². The fourth-order valence-electron chi connectivity index (χ4n) is 1.18. The second-order valence-electron chi connectivity index (χ2n) is 4.60. The number of hydrogen-bond donors (Lipinski definition) is 2. The van der Waals surface area contributed by atoms with Crippen molar-refractivity contribution in [1.82, 2.24) is 0 Å². The Morgan fingerprint density at radius 1 is 1.31 bits per heavy atom. The number of nitrogens with two attached hydrogens (primary N) is 1. The van der Waals surface area contributed by atoms with Gasteiger partial charge in [0.15, 0.2) is 0 Å². The Morgan fingerprint density at radius 2 is 1.81 bits per heavy atom. The summed E-state index contributed by atoms with van der Waals surface area (Å²) in [6.07, 6.45) is 0. The van der Waals surface area contributed by atoms with Crippen LogP contribution >= 0.6 is 0 Å². The summed E-state index contributed by atoms with van der Waals surface area (Å²) < 4.78 is 5.16. The number of aromatic hydroxyl groups is 1. The molecule has 0 saturated carbocycles.